The summed E-state index contributed by atoms with van der Waals surface area (Å²) < 4.78 is 137. The van der Waals surface area contributed by atoms with Gasteiger partial charge in [-0.05, 0) is 76.3 Å². The summed E-state index contributed by atoms with van der Waals surface area (Å²) in [6.45, 7) is 8.61. The minimum absolute atomic E-state index is 0.00498. The average molecular weight is 995 g/mol. The lowest BCUT2D eigenvalue weighted by Crippen LogP contribution is -2.55. The van der Waals surface area contributed by atoms with Gasteiger partial charge in [0.15, 0.2) is 16.6 Å². The number of aromatic nitrogens is 4. The number of rotatable bonds is 13. The Balaban J connectivity index is 1.35. The van der Waals surface area contributed by atoms with Crippen molar-refractivity contribution in [2.45, 2.75) is 83.7 Å². The van der Waals surface area contributed by atoms with Crippen LogP contribution < -0.4 is 20.3 Å². The Hall–Kier alpha value is -6.04. The van der Waals surface area contributed by atoms with E-state index in [9.17, 15) is 40.0 Å². The molecule has 1 aliphatic heterocycles. The first-order valence-corrected chi connectivity index (χ1v) is 24.1. The standard InChI is InChI=1S/C44H49F7N10O5S2/c1-8-24-19-43(47,48)37(33(24)36(52)44(49,50)51)53-20-32(62)54-30(16-23-14-25(45)17-26(46)15-23)34-29(27-10-9-11-28-35(27)59(6)57-38(28)58-68(7,64)65)18-31-39(55-34)56-40(67-31)60-12-13-61(22(2)21-60)41(63)66-42(3,4)5/h9-11,14-15,17-18,22,24,30,52-53H,8,12-13,16,19-21H2,1-7H3,(H,54,62)(H,57,58)/t22-,24-,30-/m0/s1. The monoisotopic (exact) mass is 994 g/mol. The van der Waals surface area contributed by atoms with Crippen molar-refractivity contribution in [3.8, 4) is 11.1 Å². The van der Waals surface area contributed by atoms with Gasteiger partial charge in [-0.25, -0.2) is 27.0 Å². The molecule has 0 radical (unpaired) electrons. The number of anilines is 2. The van der Waals surface area contributed by atoms with Crippen LogP contribution in [0.25, 0.3) is 32.4 Å². The zero-order valence-corrected chi connectivity index (χ0v) is 39.5. The molecule has 68 heavy (non-hydrogen) atoms. The number of allylic oxidation sites excluding steroid dienone is 2. The number of hydrogen-bond acceptors (Lipinski definition) is 12. The van der Waals surface area contributed by atoms with Gasteiger partial charge < -0.3 is 25.2 Å². The lowest BCUT2D eigenvalue weighted by atomic mass is 9.94. The van der Waals surface area contributed by atoms with Crippen molar-refractivity contribution in [2.24, 2.45) is 13.0 Å². The summed E-state index contributed by atoms with van der Waals surface area (Å²) in [7, 11) is -2.25. The zero-order chi connectivity index (χ0) is 49.8. The number of thiazole rings is 1. The molecular weight excluding hydrogens is 946 g/mol. The normalized spacial score (nSPS) is 18.3. The number of benzene rings is 2. The first-order chi connectivity index (χ1) is 31.6. The molecule has 2 amide bonds. The highest BCUT2D eigenvalue weighted by molar-refractivity contribution is 7.92. The van der Waals surface area contributed by atoms with Crippen molar-refractivity contribution in [2.75, 3.05) is 42.1 Å². The van der Waals surface area contributed by atoms with Gasteiger partial charge in [0.2, 0.25) is 15.9 Å². The third-order valence-electron chi connectivity index (χ3n) is 11.4. The number of ether oxygens (including phenoxy) is 1. The maximum atomic E-state index is 15.4. The Morgan fingerprint density at radius 2 is 1.74 bits per heavy atom. The Bertz CT molecular complexity index is 2930. The lowest BCUT2D eigenvalue weighted by molar-refractivity contribution is -0.121. The van der Waals surface area contributed by atoms with E-state index in [0.29, 0.717) is 57.6 Å². The number of carbonyl (C=O) groups excluding carboxylic acids is 2. The molecule has 1 fully saturated rings. The maximum Gasteiger partial charge on any atom is 0.433 e. The molecular formula is C44H49F7N10O5S2. The predicted octanol–water partition coefficient (Wildman–Crippen LogP) is 8.23. The molecule has 0 spiro atoms. The van der Waals surface area contributed by atoms with Crippen LogP contribution in [0, 0.1) is 23.0 Å². The van der Waals surface area contributed by atoms with E-state index in [1.54, 1.807) is 57.0 Å². The number of piperazine rings is 1. The minimum Gasteiger partial charge on any atom is -0.444 e. The molecule has 24 heteroatoms. The third kappa shape index (κ3) is 10.8. The van der Waals surface area contributed by atoms with Crippen LogP contribution in [-0.2, 0) is 33.0 Å². The summed E-state index contributed by atoms with van der Waals surface area (Å²) in [6.07, 6.45) is -6.29. The largest absolute Gasteiger partial charge is 0.444 e. The molecule has 5 aromatic rings. The van der Waals surface area contributed by atoms with Gasteiger partial charge in [-0.2, -0.15) is 32.0 Å². The minimum atomic E-state index is -5.26. The van der Waals surface area contributed by atoms with E-state index in [0.717, 1.165) is 18.4 Å². The van der Waals surface area contributed by atoms with Crippen molar-refractivity contribution in [3.05, 3.63) is 76.6 Å². The SMILES string of the molecule is CC[C@H]1CC(F)(F)C(NCC(=O)N[C@@H](Cc2cc(F)cc(F)c2)c2nc3nc(N4CCN(C(=O)OC(C)(C)C)[C@@H](C)C4)sc3cc2-c2cccc3c(NS(C)(=O)=O)nn(C)c23)=C1C(=N)C(F)(F)F. The second kappa shape index (κ2) is 18.5. The second-order valence-electron chi connectivity index (χ2n) is 17.9. The number of halogens is 7. The van der Waals surface area contributed by atoms with Gasteiger partial charge in [0.1, 0.15) is 22.9 Å². The van der Waals surface area contributed by atoms with Crippen molar-refractivity contribution >= 4 is 71.3 Å². The molecule has 3 aromatic heterocycles. The average Bonchev–Trinajstić information content (AvgIpc) is 3.86. The maximum absolute atomic E-state index is 15.4. The van der Waals surface area contributed by atoms with Crippen molar-refractivity contribution in [3.63, 3.8) is 0 Å². The second-order valence-corrected chi connectivity index (χ2v) is 20.6. The van der Waals surface area contributed by atoms with Crippen molar-refractivity contribution in [1.29, 1.82) is 5.41 Å². The highest BCUT2D eigenvalue weighted by atomic mass is 32.2. The highest BCUT2D eigenvalue weighted by Gasteiger charge is 2.52. The number of pyridine rings is 1. The number of sulfonamides is 1. The summed E-state index contributed by atoms with van der Waals surface area (Å²) in [5.74, 6) is -8.12. The Labute approximate surface area is 390 Å². The van der Waals surface area contributed by atoms with Gasteiger partial charge in [0, 0.05) is 67.3 Å². The molecule has 1 aliphatic carbocycles. The molecule has 4 heterocycles. The van der Waals surface area contributed by atoms with E-state index < -0.39 is 93.3 Å². The van der Waals surface area contributed by atoms with E-state index in [-0.39, 0.29) is 41.6 Å². The fourth-order valence-electron chi connectivity index (χ4n) is 8.58. The van der Waals surface area contributed by atoms with E-state index in [1.165, 1.54) is 22.9 Å². The number of carbonyl (C=O) groups is 2. The summed E-state index contributed by atoms with van der Waals surface area (Å²) in [4.78, 5) is 40.4. The van der Waals surface area contributed by atoms with Crippen LogP contribution in [-0.4, -0.2) is 107 Å². The Morgan fingerprint density at radius 3 is 2.35 bits per heavy atom. The van der Waals surface area contributed by atoms with Gasteiger partial charge in [-0.15, -0.1) is 0 Å². The van der Waals surface area contributed by atoms with Crippen LogP contribution in [0.3, 0.4) is 0 Å². The number of alkyl halides is 5. The molecule has 4 N–H and O–H groups in total. The van der Waals surface area contributed by atoms with Crippen LogP contribution in [0.2, 0.25) is 0 Å². The number of aryl methyl sites for hydroxylation is 1. The molecule has 0 bridgehead atoms. The number of nitrogens with one attached hydrogen (secondary N) is 4. The van der Waals surface area contributed by atoms with E-state index >= 15 is 8.78 Å². The summed E-state index contributed by atoms with van der Waals surface area (Å²) in [5, 5.41) is 17.9. The molecule has 1 saturated heterocycles. The molecule has 3 atom stereocenters. The first kappa shape index (κ1) is 49.9. The van der Waals surface area contributed by atoms with E-state index in [4.69, 9.17) is 20.1 Å². The molecule has 2 aromatic carbocycles. The summed E-state index contributed by atoms with van der Waals surface area (Å²) >= 11 is 1.26. The predicted molar refractivity (Wildman–Crippen MR) is 243 cm³/mol. The Kier molecular flexibility index (Phi) is 13.5. The quantitative estimate of drug-likeness (QED) is 0.0661. The number of hydrogen-bond donors (Lipinski definition) is 4. The molecule has 7 rings (SSSR count). The first-order valence-electron chi connectivity index (χ1n) is 21.4. The summed E-state index contributed by atoms with van der Waals surface area (Å²) in [5.41, 5.74) is -3.48. The van der Waals surface area contributed by atoms with E-state index in [2.05, 4.69) is 20.5 Å². The van der Waals surface area contributed by atoms with Gasteiger partial charge >= 0.3 is 12.3 Å². The fourth-order valence-corrected chi connectivity index (χ4v) is 10.1. The zero-order valence-electron chi connectivity index (χ0n) is 37.9. The third-order valence-corrected chi connectivity index (χ3v) is 13.0. The molecule has 2 aliphatic rings. The fraction of sp³-hybridized carbons (Fsp3) is 0.455. The van der Waals surface area contributed by atoms with Gasteiger partial charge in [-0.1, -0.05) is 30.4 Å². The lowest BCUT2D eigenvalue weighted by Gasteiger charge is -2.40. The van der Waals surface area contributed by atoms with Crippen LogP contribution in [0.15, 0.2) is 53.7 Å². The molecule has 15 nitrogen and oxygen atoms in total. The highest BCUT2D eigenvalue weighted by Crippen LogP contribution is 2.46. The van der Waals surface area contributed by atoms with Crippen LogP contribution in [0.5, 0.6) is 0 Å². The molecule has 0 saturated carbocycles. The topological polar surface area (TPSA) is 188 Å². The van der Waals surface area contributed by atoms with Gasteiger partial charge in [0.25, 0.3) is 5.92 Å². The molecule has 0 unspecified atom stereocenters. The van der Waals surface area contributed by atoms with E-state index in [1.807, 2.05) is 11.8 Å². The molecule has 366 valence electrons. The number of amides is 2. The number of nitrogens with zero attached hydrogens (tertiary/aromatic N) is 6. The van der Waals surface area contributed by atoms with Crippen LogP contribution in [0.4, 0.5) is 46.5 Å². The van der Waals surface area contributed by atoms with Gasteiger partial charge in [0.05, 0.1) is 40.4 Å². The smallest absolute Gasteiger partial charge is 0.433 e. The number of para-hydroxylation sites is 1. The van der Waals surface area contributed by atoms with Crippen molar-refractivity contribution in [1.82, 2.24) is 35.3 Å². The van der Waals surface area contributed by atoms with Gasteiger partial charge in [-0.3, -0.25) is 19.6 Å². The Morgan fingerprint density at radius 1 is 1.04 bits per heavy atom. The van der Waals surface area contributed by atoms with Crippen LogP contribution >= 0.6 is 11.3 Å². The summed E-state index contributed by atoms with van der Waals surface area (Å²) in [6, 6.07) is 7.68. The van der Waals surface area contributed by atoms with Crippen LogP contribution in [0.1, 0.15) is 64.8 Å². The van der Waals surface area contributed by atoms with Crippen molar-refractivity contribution < 1.29 is 53.5 Å². The number of fused-ring (bicyclic) bond motifs is 2.